The van der Waals surface area contributed by atoms with Gasteiger partial charge in [-0.1, -0.05) is 6.92 Å². The van der Waals surface area contributed by atoms with Crippen molar-refractivity contribution in [3.05, 3.63) is 0 Å². The second kappa shape index (κ2) is 1.53. The van der Waals surface area contributed by atoms with E-state index < -0.39 is 0 Å². The van der Waals surface area contributed by atoms with Gasteiger partial charge in [0.05, 0.1) is 0 Å². The molecule has 6 aliphatic rings. The van der Waals surface area contributed by atoms with Crippen LogP contribution < -0.4 is 0 Å². The van der Waals surface area contributed by atoms with Crippen molar-refractivity contribution in [1.29, 1.82) is 0 Å². The van der Waals surface area contributed by atoms with Gasteiger partial charge >= 0.3 is 0 Å². The third-order valence-corrected chi connectivity index (χ3v) is 7.73. The second-order valence-electron chi connectivity index (χ2n) is 7.48. The summed E-state index contributed by atoms with van der Waals surface area (Å²) in [7, 11) is 0. The Morgan fingerprint density at radius 3 is 1.86 bits per heavy atom. The van der Waals surface area contributed by atoms with Gasteiger partial charge in [-0.05, 0) is 77.9 Å². The molecule has 0 N–H and O–H groups in total. The van der Waals surface area contributed by atoms with Crippen LogP contribution in [0.2, 0.25) is 0 Å². The van der Waals surface area contributed by atoms with Crippen LogP contribution in [0.5, 0.6) is 0 Å². The molecule has 0 amide bonds. The van der Waals surface area contributed by atoms with Crippen LogP contribution >= 0.6 is 0 Å². The number of hydrogen-bond donors (Lipinski definition) is 0. The molecule has 6 aliphatic carbocycles. The lowest BCUT2D eigenvalue weighted by atomic mass is 9.20. The van der Waals surface area contributed by atoms with Crippen LogP contribution in [-0.4, -0.2) is 0 Å². The van der Waals surface area contributed by atoms with Crippen molar-refractivity contribution in [2.75, 3.05) is 0 Å². The summed E-state index contributed by atoms with van der Waals surface area (Å²) < 4.78 is 0. The van der Waals surface area contributed by atoms with E-state index in [-0.39, 0.29) is 0 Å². The highest BCUT2D eigenvalue weighted by atomic mass is 14.9. The fourth-order valence-corrected chi connectivity index (χ4v) is 7.38. The Labute approximate surface area is 85.4 Å². The van der Waals surface area contributed by atoms with Gasteiger partial charge in [-0.3, -0.25) is 0 Å². The van der Waals surface area contributed by atoms with Gasteiger partial charge in [0.2, 0.25) is 0 Å². The summed E-state index contributed by atoms with van der Waals surface area (Å²) in [5.41, 5.74) is 0. The predicted molar refractivity (Wildman–Crippen MR) is 53.3 cm³/mol. The van der Waals surface area contributed by atoms with Crippen LogP contribution in [0.15, 0.2) is 0 Å². The van der Waals surface area contributed by atoms with Gasteiger partial charge in [-0.25, -0.2) is 0 Å². The van der Waals surface area contributed by atoms with E-state index in [4.69, 9.17) is 0 Å². The number of fused-ring (bicyclic) bond motifs is 13. The van der Waals surface area contributed by atoms with Gasteiger partial charge in [0, 0.05) is 0 Å². The Morgan fingerprint density at radius 1 is 0.571 bits per heavy atom. The Morgan fingerprint density at radius 2 is 1.14 bits per heavy atom. The molecule has 0 spiro atoms. The van der Waals surface area contributed by atoms with Crippen molar-refractivity contribution in [2.24, 2.45) is 65.1 Å². The van der Waals surface area contributed by atoms with Gasteiger partial charge in [-0.15, -0.1) is 0 Å². The minimum absolute atomic E-state index is 1.12. The summed E-state index contributed by atoms with van der Waals surface area (Å²) in [6, 6.07) is 0. The fourth-order valence-electron chi connectivity index (χ4n) is 7.38. The summed E-state index contributed by atoms with van der Waals surface area (Å²) in [6.45, 7) is 2.52. The lowest BCUT2D eigenvalue weighted by Crippen LogP contribution is -2.81. The van der Waals surface area contributed by atoms with Crippen molar-refractivity contribution < 1.29 is 0 Å². The minimum atomic E-state index is 1.12. The second-order valence-corrected chi connectivity index (χ2v) is 7.48. The van der Waals surface area contributed by atoms with Crippen LogP contribution in [-0.2, 0) is 0 Å². The molecule has 6 rings (SSSR count). The molecule has 0 nitrogen and oxygen atoms in total. The van der Waals surface area contributed by atoms with E-state index in [9.17, 15) is 0 Å². The van der Waals surface area contributed by atoms with E-state index in [1.807, 2.05) is 0 Å². The Balaban J connectivity index is 1.40. The molecule has 0 bridgehead atoms. The zero-order chi connectivity index (χ0) is 8.77. The monoisotopic (exact) mass is 186 g/mol. The lowest BCUT2D eigenvalue weighted by molar-refractivity contribution is -0.376. The molecular formula is C14H18. The molecule has 0 aromatic heterocycles. The highest BCUT2D eigenvalue weighted by Gasteiger charge is 2.85. The standard InChI is InChI=1S/C14H18/c1-4-2-7-8(4)12-11(7)13-9-5-3-6(5)10(9)14(12)13/h4-14H,2-3H2,1H3. The van der Waals surface area contributed by atoms with Crippen LogP contribution in [0.25, 0.3) is 0 Å². The Hall–Kier alpha value is 0. The van der Waals surface area contributed by atoms with Crippen molar-refractivity contribution in [3.8, 4) is 0 Å². The molecule has 11 atom stereocenters. The van der Waals surface area contributed by atoms with Crippen LogP contribution in [0.1, 0.15) is 19.8 Å². The summed E-state index contributed by atoms with van der Waals surface area (Å²) in [6.07, 6.45) is 3.27. The van der Waals surface area contributed by atoms with Crippen LogP contribution in [0.3, 0.4) is 0 Å². The predicted octanol–water partition coefficient (Wildman–Crippen LogP) is 2.65. The maximum Gasteiger partial charge on any atom is -0.0312 e. The van der Waals surface area contributed by atoms with E-state index in [0.29, 0.717) is 0 Å². The summed E-state index contributed by atoms with van der Waals surface area (Å²) >= 11 is 0. The Bertz CT molecular complexity index is 355. The molecular weight excluding hydrogens is 168 g/mol. The molecule has 0 saturated heterocycles. The summed E-state index contributed by atoms with van der Waals surface area (Å²) in [4.78, 5) is 0. The quantitative estimate of drug-likeness (QED) is 0.510. The highest BCUT2D eigenvalue weighted by Crippen LogP contribution is 2.90. The highest BCUT2D eigenvalue weighted by molar-refractivity contribution is 5.32. The maximum atomic E-state index is 2.52. The molecule has 0 heteroatoms. The first-order chi connectivity index (χ1) is 6.88. The molecule has 6 saturated carbocycles. The van der Waals surface area contributed by atoms with Crippen molar-refractivity contribution >= 4 is 0 Å². The van der Waals surface area contributed by atoms with Crippen molar-refractivity contribution in [2.45, 2.75) is 19.8 Å². The van der Waals surface area contributed by atoms with Crippen molar-refractivity contribution in [1.82, 2.24) is 0 Å². The van der Waals surface area contributed by atoms with E-state index in [1.54, 1.807) is 12.8 Å². The third kappa shape index (κ3) is 0.378. The average Bonchev–Trinajstić information content (AvgIpc) is 2.80. The number of hydrogen-bond acceptors (Lipinski definition) is 0. The van der Waals surface area contributed by atoms with E-state index in [1.165, 1.54) is 59.2 Å². The SMILES string of the molecule is CC1CC2C1C1C2C2C3C4CC4C3C12. The largest absolute Gasteiger partial charge is 0.0622 e. The minimum Gasteiger partial charge on any atom is -0.0622 e. The zero-order valence-corrected chi connectivity index (χ0v) is 8.77. The van der Waals surface area contributed by atoms with Crippen LogP contribution in [0, 0.1) is 65.1 Å². The van der Waals surface area contributed by atoms with Gasteiger partial charge in [0.15, 0.2) is 0 Å². The molecule has 0 aromatic carbocycles. The maximum absolute atomic E-state index is 2.52. The zero-order valence-electron chi connectivity index (χ0n) is 8.77. The van der Waals surface area contributed by atoms with Gasteiger partial charge in [0.25, 0.3) is 0 Å². The fraction of sp³-hybridized carbons (Fsp3) is 1.00. The molecule has 6 fully saturated rings. The molecule has 14 heavy (non-hydrogen) atoms. The molecule has 0 aliphatic heterocycles. The number of rotatable bonds is 0. The molecule has 0 aromatic rings. The smallest absolute Gasteiger partial charge is 0.0312 e. The normalized spacial score (nSPS) is 88.5. The lowest BCUT2D eigenvalue weighted by Gasteiger charge is -2.84. The first-order valence-electron chi connectivity index (χ1n) is 6.88. The molecule has 0 heterocycles. The van der Waals surface area contributed by atoms with Crippen LogP contribution in [0.4, 0.5) is 0 Å². The van der Waals surface area contributed by atoms with Crippen molar-refractivity contribution in [3.63, 3.8) is 0 Å². The third-order valence-electron chi connectivity index (χ3n) is 7.73. The molecule has 0 radical (unpaired) electrons. The van der Waals surface area contributed by atoms with E-state index >= 15 is 0 Å². The molecule has 74 valence electrons. The van der Waals surface area contributed by atoms with Gasteiger partial charge < -0.3 is 0 Å². The first kappa shape index (κ1) is 6.55. The summed E-state index contributed by atoms with van der Waals surface area (Å²) in [5, 5.41) is 0. The summed E-state index contributed by atoms with van der Waals surface area (Å²) in [5.74, 6) is 13.9. The topological polar surface area (TPSA) is 0 Å². The molecule has 11 unspecified atom stereocenters. The average molecular weight is 186 g/mol. The van der Waals surface area contributed by atoms with E-state index in [0.717, 1.165) is 5.92 Å². The first-order valence-corrected chi connectivity index (χ1v) is 6.88. The van der Waals surface area contributed by atoms with E-state index in [2.05, 4.69) is 6.92 Å². The Kier molecular flexibility index (Phi) is 0.715. The van der Waals surface area contributed by atoms with Gasteiger partial charge in [0.1, 0.15) is 0 Å². The van der Waals surface area contributed by atoms with Gasteiger partial charge in [-0.2, -0.15) is 0 Å².